The first-order valence-electron chi connectivity index (χ1n) is 8.72. The van der Waals surface area contributed by atoms with Gasteiger partial charge in [0.25, 0.3) is 0 Å². The van der Waals surface area contributed by atoms with Gasteiger partial charge in [0.15, 0.2) is 5.96 Å². The molecule has 0 aromatic carbocycles. The summed E-state index contributed by atoms with van der Waals surface area (Å²) >= 11 is 1.88. The Morgan fingerprint density at radius 2 is 2.25 bits per heavy atom. The largest absolute Gasteiger partial charge is 0.351 e. The summed E-state index contributed by atoms with van der Waals surface area (Å²) in [5.74, 6) is 1.65. The lowest BCUT2D eigenvalue weighted by molar-refractivity contribution is 0.189. The topological polar surface area (TPSA) is 45.5 Å². The fourth-order valence-corrected chi connectivity index (χ4v) is 4.20. The zero-order valence-electron chi connectivity index (χ0n) is 14.8. The van der Waals surface area contributed by atoms with Crippen molar-refractivity contribution in [3.05, 3.63) is 40.6 Å². The summed E-state index contributed by atoms with van der Waals surface area (Å²) in [6.07, 6.45) is 8.14. The molecule has 3 heterocycles. The molecule has 2 unspecified atom stereocenters. The number of hydrogen-bond acceptors (Lipinski definition) is 3. The molecule has 0 saturated carbocycles. The molecular weight excluding hydrogens is 318 g/mol. The van der Waals surface area contributed by atoms with Crippen molar-refractivity contribution >= 4 is 17.3 Å². The van der Waals surface area contributed by atoms with Crippen molar-refractivity contribution in [1.82, 2.24) is 19.8 Å². The number of aryl methyl sites for hydroxylation is 1. The highest BCUT2D eigenvalue weighted by atomic mass is 32.1. The van der Waals surface area contributed by atoms with E-state index in [1.807, 2.05) is 30.9 Å². The smallest absolute Gasteiger partial charge is 0.194 e. The molecule has 2 aromatic heterocycles. The van der Waals surface area contributed by atoms with Crippen molar-refractivity contribution in [2.75, 3.05) is 20.1 Å². The van der Waals surface area contributed by atoms with Gasteiger partial charge in [-0.1, -0.05) is 13.8 Å². The van der Waals surface area contributed by atoms with E-state index in [0.29, 0.717) is 12.0 Å². The van der Waals surface area contributed by atoms with Crippen LogP contribution in [0.3, 0.4) is 0 Å². The van der Waals surface area contributed by atoms with Crippen molar-refractivity contribution < 1.29 is 0 Å². The number of likely N-dealkylation sites (tertiary alicyclic amines) is 1. The minimum absolute atomic E-state index is 0.452. The Labute approximate surface area is 148 Å². The monoisotopic (exact) mass is 345 g/mol. The Morgan fingerprint density at radius 1 is 1.42 bits per heavy atom. The van der Waals surface area contributed by atoms with Crippen molar-refractivity contribution in [1.29, 1.82) is 0 Å². The lowest BCUT2D eigenvalue weighted by Gasteiger charge is -2.39. The normalized spacial score (nSPS) is 22.0. The number of rotatable bonds is 4. The molecule has 0 bridgehead atoms. The van der Waals surface area contributed by atoms with E-state index in [1.54, 1.807) is 0 Å². The molecule has 24 heavy (non-hydrogen) atoms. The molecule has 1 N–H and O–H groups in total. The molecule has 1 saturated heterocycles. The number of imidazole rings is 1. The quantitative estimate of drug-likeness (QED) is 0.684. The van der Waals surface area contributed by atoms with Crippen molar-refractivity contribution in [2.45, 2.75) is 39.3 Å². The Balaban J connectivity index is 1.62. The Bertz CT molecular complexity index is 661. The highest BCUT2D eigenvalue weighted by Gasteiger charge is 2.28. The van der Waals surface area contributed by atoms with E-state index in [4.69, 9.17) is 0 Å². The third kappa shape index (κ3) is 3.80. The molecule has 2 atom stereocenters. The molecule has 2 aromatic rings. The maximum atomic E-state index is 4.51. The van der Waals surface area contributed by atoms with Crippen LogP contribution in [0.2, 0.25) is 0 Å². The second-order valence-corrected chi connectivity index (χ2v) is 7.66. The molecule has 1 fully saturated rings. The first-order chi connectivity index (χ1) is 11.7. The minimum atomic E-state index is 0.452. The van der Waals surface area contributed by atoms with E-state index >= 15 is 0 Å². The van der Waals surface area contributed by atoms with Crippen LogP contribution in [0.5, 0.6) is 0 Å². The van der Waals surface area contributed by atoms with Crippen LogP contribution in [0.15, 0.2) is 35.8 Å². The second-order valence-electron chi connectivity index (χ2n) is 6.41. The van der Waals surface area contributed by atoms with Crippen LogP contribution < -0.4 is 5.32 Å². The fraction of sp³-hybridized carbons (Fsp3) is 0.556. The van der Waals surface area contributed by atoms with Crippen LogP contribution >= 0.6 is 11.3 Å². The van der Waals surface area contributed by atoms with Gasteiger partial charge in [-0.2, -0.15) is 0 Å². The van der Waals surface area contributed by atoms with Crippen molar-refractivity contribution in [3.8, 4) is 0 Å². The maximum Gasteiger partial charge on any atom is 0.194 e. The summed E-state index contributed by atoms with van der Waals surface area (Å²) < 4.78 is 2.23. The standard InChI is InChI=1S/C18H27N5S/c1-4-15-5-6-16(24-15)11-21-18(19-3)22-9-7-14(2)17(12-22)23-10-8-20-13-23/h5-6,8,10,13-14,17H,4,7,9,11-12H2,1-3H3,(H,19,21). The predicted octanol–water partition coefficient (Wildman–Crippen LogP) is 3.17. The summed E-state index contributed by atoms with van der Waals surface area (Å²) in [6, 6.07) is 4.89. The van der Waals surface area contributed by atoms with E-state index < -0.39 is 0 Å². The summed E-state index contributed by atoms with van der Waals surface area (Å²) in [7, 11) is 1.87. The number of hydrogen-bond donors (Lipinski definition) is 1. The number of piperidine rings is 1. The summed E-state index contributed by atoms with van der Waals surface area (Å²) in [5.41, 5.74) is 0. The number of aliphatic imine (C=N–C) groups is 1. The van der Waals surface area contributed by atoms with E-state index in [9.17, 15) is 0 Å². The average Bonchev–Trinajstić information content (AvgIpc) is 3.28. The van der Waals surface area contributed by atoms with Gasteiger partial charge in [-0.05, 0) is 30.9 Å². The summed E-state index contributed by atoms with van der Waals surface area (Å²) in [5, 5.41) is 3.53. The Hall–Kier alpha value is -1.82. The van der Waals surface area contributed by atoms with Gasteiger partial charge in [-0.3, -0.25) is 4.99 Å². The van der Waals surface area contributed by atoms with E-state index in [1.165, 1.54) is 16.2 Å². The van der Waals surface area contributed by atoms with Gasteiger partial charge in [0, 0.05) is 42.3 Å². The van der Waals surface area contributed by atoms with Crippen LogP contribution in [0, 0.1) is 5.92 Å². The fourth-order valence-electron chi connectivity index (χ4n) is 3.30. The molecular formula is C18H27N5S. The SMILES string of the molecule is CCc1ccc(CNC(=NC)N2CCC(C)C(n3ccnc3)C2)s1. The highest BCUT2D eigenvalue weighted by Crippen LogP contribution is 2.27. The molecule has 3 rings (SSSR count). The molecule has 1 aliphatic heterocycles. The average molecular weight is 346 g/mol. The summed E-state index contributed by atoms with van der Waals surface area (Å²) in [6.45, 7) is 7.40. The first kappa shape index (κ1) is 17.0. The van der Waals surface area contributed by atoms with Crippen LogP contribution in [0.25, 0.3) is 0 Å². The lowest BCUT2D eigenvalue weighted by atomic mass is 9.93. The van der Waals surface area contributed by atoms with Gasteiger partial charge in [-0.25, -0.2) is 4.98 Å². The number of aromatic nitrogens is 2. The minimum Gasteiger partial charge on any atom is -0.351 e. The summed E-state index contributed by atoms with van der Waals surface area (Å²) in [4.78, 5) is 13.9. The number of nitrogens with zero attached hydrogens (tertiary/aromatic N) is 4. The Kier molecular flexibility index (Phi) is 5.56. The molecule has 0 radical (unpaired) electrons. The van der Waals surface area contributed by atoms with Crippen LogP contribution in [0.4, 0.5) is 0 Å². The number of thiophene rings is 1. The molecule has 1 aliphatic rings. The van der Waals surface area contributed by atoms with Gasteiger partial charge in [0.2, 0.25) is 0 Å². The third-order valence-electron chi connectivity index (χ3n) is 4.82. The molecule has 0 amide bonds. The van der Waals surface area contributed by atoms with Crippen molar-refractivity contribution in [2.24, 2.45) is 10.9 Å². The maximum absolute atomic E-state index is 4.51. The van der Waals surface area contributed by atoms with Crippen LogP contribution in [-0.4, -0.2) is 40.5 Å². The van der Waals surface area contributed by atoms with Gasteiger partial charge >= 0.3 is 0 Å². The van der Waals surface area contributed by atoms with Crippen LogP contribution in [0.1, 0.15) is 36.1 Å². The third-order valence-corrected chi connectivity index (χ3v) is 6.05. The zero-order chi connectivity index (χ0) is 16.9. The molecule has 130 valence electrons. The zero-order valence-corrected chi connectivity index (χ0v) is 15.6. The number of nitrogens with one attached hydrogen (secondary N) is 1. The van der Waals surface area contributed by atoms with Crippen LogP contribution in [-0.2, 0) is 13.0 Å². The highest BCUT2D eigenvalue weighted by molar-refractivity contribution is 7.11. The van der Waals surface area contributed by atoms with E-state index in [0.717, 1.165) is 32.0 Å². The molecule has 0 aliphatic carbocycles. The van der Waals surface area contributed by atoms with E-state index in [2.05, 4.69) is 56.9 Å². The van der Waals surface area contributed by atoms with Gasteiger partial charge in [0.05, 0.1) is 18.9 Å². The molecule has 6 heteroatoms. The van der Waals surface area contributed by atoms with Crippen molar-refractivity contribution in [3.63, 3.8) is 0 Å². The second kappa shape index (κ2) is 7.83. The van der Waals surface area contributed by atoms with Gasteiger partial charge < -0.3 is 14.8 Å². The Morgan fingerprint density at radius 3 is 2.92 bits per heavy atom. The first-order valence-corrected chi connectivity index (χ1v) is 9.53. The predicted molar refractivity (Wildman–Crippen MR) is 101 cm³/mol. The number of guanidine groups is 1. The van der Waals surface area contributed by atoms with E-state index in [-0.39, 0.29) is 0 Å². The molecule has 5 nitrogen and oxygen atoms in total. The lowest BCUT2D eigenvalue weighted by Crippen LogP contribution is -2.48. The van der Waals surface area contributed by atoms with Gasteiger partial charge in [0.1, 0.15) is 0 Å². The van der Waals surface area contributed by atoms with Gasteiger partial charge in [-0.15, -0.1) is 11.3 Å². The molecule has 0 spiro atoms.